The molecule has 3 N–H and O–H groups in total. The molecule has 16 heavy (non-hydrogen) atoms. The Morgan fingerprint density at radius 2 is 2.00 bits per heavy atom. The van der Waals surface area contributed by atoms with Gasteiger partial charge in [-0.2, -0.15) is 0 Å². The van der Waals surface area contributed by atoms with Crippen LogP contribution in [0.3, 0.4) is 0 Å². The molecule has 84 valence electrons. The lowest BCUT2D eigenvalue weighted by Gasteiger charge is -2.32. The molecule has 0 aliphatic carbocycles. The maximum Gasteiger partial charge on any atom is 0.237 e. The molecule has 2 rings (SSSR count). The quantitative estimate of drug-likeness (QED) is 0.545. The number of carbonyl (C=O) groups excluding carboxylic acids is 2. The summed E-state index contributed by atoms with van der Waals surface area (Å²) in [5, 5.41) is 2.36. The summed E-state index contributed by atoms with van der Waals surface area (Å²) in [7, 11) is 0. The molecule has 2 amide bonds. The molecule has 0 spiro atoms. The summed E-state index contributed by atoms with van der Waals surface area (Å²) in [6.07, 6.45) is 0.864. The van der Waals surface area contributed by atoms with E-state index in [4.69, 9.17) is 5.73 Å². The maximum atomic E-state index is 11.9. The minimum absolute atomic E-state index is 0.211. The fourth-order valence-corrected chi connectivity index (χ4v) is 2.06. The summed E-state index contributed by atoms with van der Waals surface area (Å²) >= 11 is 0. The number of amides is 2. The Morgan fingerprint density at radius 1 is 1.31 bits per heavy atom. The number of anilines is 1. The SMILES string of the molecule is CC1(c2ccccc2N)CCC(=O)NC1=O. The van der Waals surface area contributed by atoms with Crippen molar-refractivity contribution < 1.29 is 9.59 Å². The summed E-state index contributed by atoms with van der Waals surface area (Å²) in [5.74, 6) is -0.473. The normalized spacial score (nSPS) is 25.3. The van der Waals surface area contributed by atoms with Gasteiger partial charge in [0.05, 0.1) is 5.41 Å². The van der Waals surface area contributed by atoms with Crippen molar-refractivity contribution in [2.24, 2.45) is 0 Å². The maximum absolute atomic E-state index is 11.9. The second-order valence-electron chi connectivity index (χ2n) is 4.30. The van der Waals surface area contributed by atoms with Crippen molar-refractivity contribution in [3.8, 4) is 0 Å². The van der Waals surface area contributed by atoms with Gasteiger partial charge in [0.1, 0.15) is 0 Å². The number of benzene rings is 1. The number of nitrogens with two attached hydrogens (primary N) is 1. The van der Waals surface area contributed by atoms with Gasteiger partial charge in [0.15, 0.2) is 0 Å². The van der Waals surface area contributed by atoms with Gasteiger partial charge in [0.2, 0.25) is 11.8 Å². The van der Waals surface area contributed by atoms with Gasteiger partial charge in [-0.25, -0.2) is 0 Å². The predicted octanol–water partition coefficient (Wildman–Crippen LogP) is 0.963. The van der Waals surface area contributed by atoms with Gasteiger partial charge in [-0.05, 0) is 25.0 Å². The number of para-hydroxylation sites is 1. The number of hydrogen-bond acceptors (Lipinski definition) is 3. The number of imide groups is 1. The van der Waals surface area contributed by atoms with E-state index >= 15 is 0 Å². The van der Waals surface area contributed by atoms with Gasteiger partial charge in [-0.1, -0.05) is 18.2 Å². The van der Waals surface area contributed by atoms with Gasteiger partial charge in [0.25, 0.3) is 0 Å². The Hall–Kier alpha value is -1.84. The third kappa shape index (κ3) is 1.56. The molecule has 1 fully saturated rings. The van der Waals surface area contributed by atoms with E-state index in [9.17, 15) is 9.59 Å². The van der Waals surface area contributed by atoms with E-state index in [1.807, 2.05) is 25.1 Å². The average Bonchev–Trinajstić information content (AvgIpc) is 2.25. The second-order valence-corrected chi connectivity index (χ2v) is 4.30. The molecule has 1 aliphatic heterocycles. The van der Waals surface area contributed by atoms with Crippen molar-refractivity contribution in [1.29, 1.82) is 0 Å². The molecule has 0 bridgehead atoms. The molecule has 4 nitrogen and oxygen atoms in total. The van der Waals surface area contributed by atoms with Crippen LogP contribution in [-0.2, 0) is 15.0 Å². The van der Waals surface area contributed by atoms with Crippen LogP contribution in [0.4, 0.5) is 5.69 Å². The number of carbonyl (C=O) groups is 2. The van der Waals surface area contributed by atoms with Gasteiger partial charge in [0, 0.05) is 12.1 Å². The van der Waals surface area contributed by atoms with Crippen LogP contribution in [-0.4, -0.2) is 11.8 Å². The highest BCUT2D eigenvalue weighted by Gasteiger charge is 2.40. The van der Waals surface area contributed by atoms with Gasteiger partial charge in [-0.3, -0.25) is 14.9 Å². The van der Waals surface area contributed by atoms with E-state index in [2.05, 4.69) is 5.32 Å². The standard InChI is InChI=1S/C12H14N2O2/c1-12(7-6-10(15)14-11(12)16)8-4-2-3-5-9(8)13/h2-5H,6-7,13H2,1H3,(H,14,15,16). The van der Waals surface area contributed by atoms with Crippen molar-refractivity contribution in [1.82, 2.24) is 5.32 Å². The first-order valence-corrected chi connectivity index (χ1v) is 5.23. The van der Waals surface area contributed by atoms with Crippen LogP contribution in [0.2, 0.25) is 0 Å². The summed E-state index contributed by atoms with van der Waals surface area (Å²) in [6.45, 7) is 1.82. The first kappa shape index (κ1) is 10.7. The fourth-order valence-electron chi connectivity index (χ4n) is 2.06. The second kappa shape index (κ2) is 3.63. The molecule has 1 atom stereocenters. The van der Waals surface area contributed by atoms with E-state index in [1.54, 1.807) is 6.07 Å². The smallest absolute Gasteiger partial charge is 0.237 e. The largest absolute Gasteiger partial charge is 0.398 e. The van der Waals surface area contributed by atoms with Gasteiger partial charge in [-0.15, -0.1) is 0 Å². The van der Waals surface area contributed by atoms with Crippen molar-refractivity contribution in [3.05, 3.63) is 29.8 Å². The van der Waals surface area contributed by atoms with E-state index in [1.165, 1.54) is 0 Å². The monoisotopic (exact) mass is 218 g/mol. The van der Waals surface area contributed by atoms with E-state index in [0.29, 0.717) is 18.5 Å². The first-order chi connectivity index (χ1) is 7.54. The van der Waals surface area contributed by atoms with Crippen LogP contribution in [0.25, 0.3) is 0 Å². The van der Waals surface area contributed by atoms with Crippen LogP contribution in [0.5, 0.6) is 0 Å². The van der Waals surface area contributed by atoms with Crippen LogP contribution in [0.1, 0.15) is 25.3 Å². The van der Waals surface area contributed by atoms with Gasteiger partial charge >= 0.3 is 0 Å². The van der Waals surface area contributed by atoms with Crippen LogP contribution in [0, 0.1) is 0 Å². The summed E-state index contributed by atoms with van der Waals surface area (Å²) in [6, 6.07) is 7.28. The van der Waals surface area contributed by atoms with Crippen molar-refractivity contribution >= 4 is 17.5 Å². The fraction of sp³-hybridized carbons (Fsp3) is 0.333. The zero-order chi connectivity index (χ0) is 11.8. The average molecular weight is 218 g/mol. The minimum atomic E-state index is -0.695. The van der Waals surface area contributed by atoms with E-state index < -0.39 is 5.41 Å². The number of nitrogens with one attached hydrogen (secondary N) is 1. The summed E-state index contributed by atoms with van der Waals surface area (Å²) < 4.78 is 0. The molecule has 1 aromatic rings. The highest BCUT2D eigenvalue weighted by molar-refractivity contribution is 6.03. The number of nitrogen functional groups attached to an aromatic ring is 1. The highest BCUT2D eigenvalue weighted by Crippen LogP contribution is 2.35. The molecule has 1 saturated heterocycles. The lowest BCUT2D eigenvalue weighted by atomic mass is 9.75. The van der Waals surface area contributed by atoms with Crippen molar-refractivity contribution in [3.63, 3.8) is 0 Å². The van der Waals surface area contributed by atoms with Crippen LogP contribution in [0.15, 0.2) is 24.3 Å². The molecule has 1 aliphatic rings. The van der Waals surface area contributed by atoms with E-state index in [0.717, 1.165) is 5.56 Å². The lowest BCUT2D eigenvalue weighted by molar-refractivity contribution is -0.137. The molecule has 0 radical (unpaired) electrons. The Morgan fingerprint density at radius 3 is 2.62 bits per heavy atom. The Balaban J connectivity index is 2.43. The minimum Gasteiger partial charge on any atom is -0.398 e. The lowest BCUT2D eigenvalue weighted by Crippen LogP contribution is -2.50. The predicted molar refractivity (Wildman–Crippen MR) is 60.6 cm³/mol. The molecule has 0 saturated carbocycles. The Labute approximate surface area is 93.8 Å². The van der Waals surface area contributed by atoms with Crippen LogP contribution < -0.4 is 11.1 Å². The molecule has 4 heteroatoms. The zero-order valence-electron chi connectivity index (χ0n) is 9.12. The third-order valence-corrected chi connectivity index (χ3v) is 3.16. The summed E-state index contributed by atoms with van der Waals surface area (Å²) in [5.41, 5.74) is 6.56. The Bertz CT molecular complexity index is 456. The van der Waals surface area contributed by atoms with Crippen molar-refractivity contribution in [2.45, 2.75) is 25.2 Å². The molecule has 1 unspecified atom stereocenters. The van der Waals surface area contributed by atoms with E-state index in [-0.39, 0.29) is 11.8 Å². The molecule has 1 aromatic carbocycles. The topological polar surface area (TPSA) is 72.2 Å². The highest BCUT2D eigenvalue weighted by atomic mass is 16.2. The molecule has 1 heterocycles. The van der Waals surface area contributed by atoms with Gasteiger partial charge < -0.3 is 5.73 Å². The third-order valence-electron chi connectivity index (χ3n) is 3.16. The van der Waals surface area contributed by atoms with Crippen molar-refractivity contribution in [2.75, 3.05) is 5.73 Å². The van der Waals surface area contributed by atoms with Crippen LogP contribution >= 0.6 is 0 Å². The number of hydrogen-bond donors (Lipinski definition) is 2. The first-order valence-electron chi connectivity index (χ1n) is 5.23. The Kier molecular flexibility index (Phi) is 2.42. The zero-order valence-corrected chi connectivity index (χ0v) is 9.12. The summed E-state index contributed by atoms with van der Waals surface area (Å²) in [4.78, 5) is 23.0. The molecular formula is C12H14N2O2. The number of rotatable bonds is 1. The number of piperidine rings is 1. The molecular weight excluding hydrogens is 204 g/mol. The molecule has 0 aromatic heterocycles.